The molecule has 0 aliphatic carbocycles. The zero-order valence-electron chi connectivity index (χ0n) is 9.03. The summed E-state index contributed by atoms with van der Waals surface area (Å²) in [6.45, 7) is 11.4. The second-order valence-electron chi connectivity index (χ2n) is 3.36. The Morgan fingerprint density at radius 1 is 1.23 bits per heavy atom. The molecule has 0 aromatic carbocycles. The van der Waals surface area contributed by atoms with Crippen LogP contribution in [0.4, 0.5) is 0 Å². The molecule has 0 rings (SSSR count). The first-order valence-corrected chi connectivity index (χ1v) is 8.39. The Labute approximate surface area is 91.8 Å². The largest absolute Gasteiger partial charge is 0.416 e. The SMILES string of the molecule is C=C(Br)CCO[Si](CC)(CC)CC. The lowest BCUT2D eigenvalue weighted by atomic mass is 10.5. The molecule has 0 spiro atoms. The number of halogens is 1. The molecule has 0 aromatic rings. The normalized spacial score (nSPS) is 11.7. The summed E-state index contributed by atoms with van der Waals surface area (Å²) in [6.07, 6.45) is 0.939. The van der Waals surface area contributed by atoms with Gasteiger partial charge >= 0.3 is 0 Å². The Balaban J connectivity index is 3.88. The van der Waals surface area contributed by atoms with Crippen LogP contribution in [0.5, 0.6) is 0 Å². The minimum Gasteiger partial charge on any atom is -0.416 e. The third-order valence-electron chi connectivity index (χ3n) is 2.71. The predicted molar refractivity (Wildman–Crippen MR) is 65.8 cm³/mol. The van der Waals surface area contributed by atoms with Crippen molar-refractivity contribution in [1.29, 1.82) is 0 Å². The maximum atomic E-state index is 6.04. The van der Waals surface area contributed by atoms with E-state index in [9.17, 15) is 0 Å². The summed E-state index contributed by atoms with van der Waals surface area (Å²) in [4.78, 5) is 0. The van der Waals surface area contributed by atoms with E-state index < -0.39 is 8.32 Å². The van der Waals surface area contributed by atoms with Crippen LogP contribution in [0, 0.1) is 0 Å². The van der Waals surface area contributed by atoms with Crippen molar-refractivity contribution in [1.82, 2.24) is 0 Å². The van der Waals surface area contributed by atoms with Gasteiger partial charge < -0.3 is 4.43 Å². The van der Waals surface area contributed by atoms with Crippen LogP contribution in [-0.4, -0.2) is 14.9 Å². The van der Waals surface area contributed by atoms with Gasteiger partial charge in [-0.25, -0.2) is 0 Å². The molecule has 0 saturated heterocycles. The molecule has 0 saturated carbocycles. The van der Waals surface area contributed by atoms with E-state index in [1.54, 1.807) is 0 Å². The van der Waals surface area contributed by atoms with Crippen LogP contribution in [0.15, 0.2) is 11.1 Å². The molecule has 0 amide bonds. The Morgan fingerprint density at radius 2 is 1.69 bits per heavy atom. The molecule has 1 nitrogen and oxygen atoms in total. The topological polar surface area (TPSA) is 9.23 Å². The average Bonchev–Trinajstić information content (AvgIpc) is 2.13. The molecule has 0 N–H and O–H groups in total. The zero-order valence-corrected chi connectivity index (χ0v) is 11.6. The van der Waals surface area contributed by atoms with E-state index >= 15 is 0 Å². The van der Waals surface area contributed by atoms with Crippen molar-refractivity contribution in [2.75, 3.05) is 6.61 Å². The molecule has 0 heterocycles. The van der Waals surface area contributed by atoms with Gasteiger partial charge in [0.15, 0.2) is 8.32 Å². The van der Waals surface area contributed by atoms with E-state index in [1.807, 2.05) is 0 Å². The molecular formula is C10H21BrOSi. The minimum absolute atomic E-state index is 0.839. The van der Waals surface area contributed by atoms with E-state index in [-0.39, 0.29) is 0 Å². The lowest BCUT2D eigenvalue weighted by molar-refractivity contribution is 0.306. The van der Waals surface area contributed by atoms with Crippen molar-refractivity contribution < 1.29 is 4.43 Å². The van der Waals surface area contributed by atoms with E-state index in [2.05, 4.69) is 43.3 Å². The molecule has 3 heteroatoms. The highest BCUT2D eigenvalue weighted by molar-refractivity contribution is 9.11. The molecular weight excluding hydrogens is 244 g/mol. The summed E-state index contributed by atoms with van der Waals surface area (Å²) >= 11 is 3.35. The van der Waals surface area contributed by atoms with Gasteiger partial charge in [0.25, 0.3) is 0 Å². The lowest BCUT2D eigenvalue weighted by Gasteiger charge is -2.27. The van der Waals surface area contributed by atoms with Crippen molar-refractivity contribution in [2.24, 2.45) is 0 Å². The van der Waals surface area contributed by atoms with Crippen molar-refractivity contribution in [3.05, 3.63) is 11.1 Å². The summed E-state index contributed by atoms with van der Waals surface area (Å²) in [5.74, 6) is 0. The third kappa shape index (κ3) is 4.98. The predicted octanol–water partition coefficient (Wildman–Crippen LogP) is 4.31. The Morgan fingerprint density at radius 3 is 2.00 bits per heavy atom. The highest BCUT2D eigenvalue weighted by atomic mass is 79.9. The minimum atomic E-state index is -1.35. The molecule has 0 aliphatic rings. The molecule has 0 unspecified atom stereocenters. The van der Waals surface area contributed by atoms with Gasteiger partial charge in [-0.1, -0.05) is 43.3 Å². The van der Waals surface area contributed by atoms with Crippen molar-refractivity contribution in [3.8, 4) is 0 Å². The van der Waals surface area contributed by atoms with Gasteiger partial charge in [-0.15, -0.1) is 0 Å². The quantitative estimate of drug-likeness (QED) is 0.623. The van der Waals surface area contributed by atoms with E-state index in [1.165, 1.54) is 18.1 Å². The zero-order chi connectivity index (χ0) is 10.3. The first kappa shape index (κ1) is 13.4. The molecule has 0 radical (unpaired) electrons. The van der Waals surface area contributed by atoms with E-state index in [4.69, 9.17) is 4.43 Å². The van der Waals surface area contributed by atoms with Gasteiger partial charge in [0.1, 0.15) is 0 Å². The van der Waals surface area contributed by atoms with Gasteiger partial charge in [-0.05, 0) is 22.6 Å². The van der Waals surface area contributed by atoms with Crippen LogP contribution >= 0.6 is 15.9 Å². The standard InChI is InChI=1S/C10H21BrOSi/c1-5-13(6-2,7-3)12-9-8-10(4)11/h4-9H2,1-3H3. The number of rotatable bonds is 7. The second kappa shape index (κ2) is 6.79. The summed E-state index contributed by atoms with van der Waals surface area (Å²) in [5, 5.41) is 0. The monoisotopic (exact) mass is 264 g/mol. The lowest BCUT2D eigenvalue weighted by Crippen LogP contribution is -2.36. The molecule has 78 valence electrons. The Kier molecular flexibility index (Phi) is 7.00. The van der Waals surface area contributed by atoms with Gasteiger partial charge in [0.05, 0.1) is 0 Å². The number of hydrogen-bond donors (Lipinski definition) is 0. The summed E-state index contributed by atoms with van der Waals surface area (Å²) < 4.78 is 7.08. The molecule has 0 aromatic heterocycles. The third-order valence-corrected chi connectivity index (χ3v) is 7.79. The fourth-order valence-electron chi connectivity index (χ4n) is 1.43. The van der Waals surface area contributed by atoms with Crippen molar-refractivity contribution >= 4 is 24.2 Å². The van der Waals surface area contributed by atoms with Crippen LogP contribution in [0.25, 0.3) is 0 Å². The first-order valence-electron chi connectivity index (χ1n) is 5.07. The highest BCUT2D eigenvalue weighted by Gasteiger charge is 2.28. The van der Waals surface area contributed by atoms with Crippen LogP contribution in [-0.2, 0) is 4.43 Å². The fourth-order valence-corrected chi connectivity index (χ4v) is 4.24. The van der Waals surface area contributed by atoms with Crippen LogP contribution in [0.2, 0.25) is 18.1 Å². The highest BCUT2D eigenvalue weighted by Crippen LogP contribution is 2.22. The van der Waals surface area contributed by atoms with Gasteiger partial charge in [-0.3, -0.25) is 0 Å². The Hall–Kier alpha value is 0.397. The molecule has 0 fully saturated rings. The maximum absolute atomic E-state index is 6.04. The summed E-state index contributed by atoms with van der Waals surface area (Å²) in [5.41, 5.74) is 0. The average molecular weight is 265 g/mol. The second-order valence-corrected chi connectivity index (χ2v) is 9.26. The van der Waals surface area contributed by atoms with Crippen LogP contribution in [0.3, 0.4) is 0 Å². The van der Waals surface area contributed by atoms with E-state index in [0.29, 0.717) is 0 Å². The van der Waals surface area contributed by atoms with Gasteiger partial charge in [0.2, 0.25) is 0 Å². The summed E-state index contributed by atoms with van der Waals surface area (Å²) in [7, 11) is -1.35. The summed E-state index contributed by atoms with van der Waals surface area (Å²) in [6, 6.07) is 3.69. The van der Waals surface area contributed by atoms with Gasteiger partial charge in [0, 0.05) is 13.0 Å². The smallest absolute Gasteiger partial charge is 0.191 e. The van der Waals surface area contributed by atoms with Crippen molar-refractivity contribution in [3.63, 3.8) is 0 Å². The van der Waals surface area contributed by atoms with Crippen LogP contribution < -0.4 is 0 Å². The Bertz CT molecular complexity index is 147. The van der Waals surface area contributed by atoms with Crippen LogP contribution in [0.1, 0.15) is 27.2 Å². The molecule has 0 aliphatic heterocycles. The van der Waals surface area contributed by atoms with E-state index in [0.717, 1.165) is 17.5 Å². The fraction of sp³-hybridized carbons (Fsp3) is 0.800. The molecule has 0 bridgehead atoms. The molecule has 13 heavy (non-hydrogen) atoms. The first-order chi connectivity index (χ1) is 6.10. The number of hydrogen-bond acceptors (Lipinski definition) is 1. The maximum Gasteiger partial charge on any atom is 0.191 e. The molecule has 0 atom stereocenters. The van der Waals surface area contributed by atoms with Crippen molar-refractivity contribution in [2.45, 2.75) is 45.3 Å². The van der Waals surface area contributed by atoms with Gasteiger partial charge in [-0.2, -0.15) is 0 Å².